The van der Waals surface area contributed by atoms with E-state index in [1.165, 1.54) is 19.3 Å². The molecule has 0 spiro atoms. The Bertz CT molecular complexity index is 80.2. The number of hydrogen-bond donors (Lipinski definition) is 0. The van der Waals surface area contributed by atoms with Crippen molar-refractivity contribution in [3.63, 3.8) is 0 Å². The van der Waals surface area contributed by atoms with E-state index in [-0.39, 0.29) is 0 Å². The molecule has 1 unspecified atom stereocenters. The third kappa shape index (κ3) is 0.367. The van der Waals surface area contributed by atoms with Crippen LogP contribution in [0.2, 0.25) is 0 Å². The van der Waals surface area contributed by atoms with Crippen molar-refractivity contribution in [2.75, 3.05) is 7.05 Å². The van der Waals surface area contributed by atoms with Crippen molar-refractivity contribution in [1.29, 1.82) is 0 Å². The summed E-state index contributed by atoms with van der Waals surface area (Å²) in [5.74, 6) is 0. The van der Waals surface area contributed by atoms with Gasteiger partial charge in [-0.05, 0) is 19.9 Å². The quantitative estimate of drug-likeness (QED) is 0.405. The normalized spacial score (nSPS) is 57.0. The molecule has 2 rings (SSSR count). The third-order valence-corrected chi connectivity index (χ3v) is 2.40. The van der Waals surface area contributed by atoms with Gasteiger partial charge in [0.05, 0.1) is 0 Å². The van der Waals surface area contributed by atoms with E-state index in [1.54, 1.807) is 0 Å². The van der Waals surface area contributed by atoms with E-state index < -0.39 is 0 Å². The first-order valence-corrected chi connectivity index (χ1v) is 3.11. The predicted molar refractivity (Wildman–Crippen MR) is 29.2 cm³/mol. The van der Waals surface area contributed by atoms with Crippen molar-refractivity contribution >= 4 is 0 Å². The molecule has 7 heavy (non-hydrogen) atoms. The summed E-state index contributed by atoms with van der Waals surface area (Å²) in [6.07, 6.45) is 4.43. The highest BCUT2D eigenvalue weighted by Gasteiger charge is 2.46. The summed E-state index contributed by atoms with van der Waals surface area (Å²) >= 11 is 0. The third-order valence-electron chi connectivity index (χ3n) is 2.40. The molecule has 3 atom stereocenters. The minimum Gasteiger partial charge on any atom is -0.297 e. The van der Waals surface area contributed by atoms with Gasteiger partial charge >= 0.3 is 0 Å². The lowest BCUT2D eigenvalue weighted by molar-refractivity contribution is 0.501. The summed E-state index contributed by atoms with van der Waals surface area (Å²) in [6.45, 7) is 0. The molecule has 1 saturated heterocycles. The number of fused-ring (bicyclic) bond motifs is 1. The van der Waals surface area contributed by atoms with Crippen LogP contribution in [0, 0.1) is 0 Å². The van der Waals surface area contributed by atoms with Crippen LogP contribution in [0.3, 0.4) is 0 Å². The molecule has 0 aromatic carbocycles. The number of likely N-dealkylation sites (tertiary alicyclic amines) is 1. The molecule has 1 aliphatic heterocycles. The van der Waals surface area contributed by atoms with Crippen molar-refractivity contribution in [2.24, 2.45) is 0 Å². The first kappa shape index (κ1) is 3.90. The maximum absolute atomic E-state index is 2.48. The smallest absolute Gasteiger partial charge is 0.0252 e. The standard InChI is InChI=1S/C6H11N/c1-7-5-3-2-4-6(5)7/h5-6H,2-4H2,1H3/t5-,6+,7?. The second kappa shape index (κ2) is 1.03. The molecule has 0 N–H and O–H groups in total. The molecule has 0 aromatic rings. The lowest BCUT2D eigenvalue weighted by Gasteiger charge is -1.94. The van der Waals surface area contributed by atoms with Crippen LogP contribution in [-0.2, 0) is 0 Å². The highest BCUT2D eigenvalue weighted by atomic mass is 15.3. The Morgan fingerprint density at radius 1 is 1.29 bits per heavy atom. The van der Waals surface area contributed by atoms with Crippen LogP contribution in [-0.4, -0.2) is 24.0 Å². The summed E-state index contributed by atoms with van der Waals surface area (Å²) in [5, 5.41) is 0. The molecule has 1 heteroatoms. The Morgan fingerprint density at radius 3 is 2.14 bits per heavy atom. The van der Waals surface area contributed by atoms with Crippen molar-refractivity contribution < 1.29 is 0 Å². The predicted octanol–water partition coefficient (Wildman–Crippen LogP) is 0.853. The van der Waals surface area contributed by atoms with E-state index in [2.05, 4.69) is 11.9 Å². The molecule has 0 amide bonds. The van der Waals surface area contributed by atoms with Gasteiger partial charge in [0, 0.05) is 12.1 Å². The van der Waals surface area contributed by atoms with Gasteiger partial charge in [0.15, 0.2) is 0 Å². The SMILES string of the molecule is CN1[C@@H]2CCC[C@@H]21. The minimum atomic E-state index is 1.01. The molecule has 0 aromatic heterocycles. The number of likely N-dealkylation sites (N-methyl/N-ethyl adjacent to an activating group) is 1. The Labute approximate surface area is 44.3 Å². The summed E-state index contributed by atoms with van der Waals surface area (Å²) in [6, 6.07) is 2.03. The molecule has 40 valence electrons. The fraction of sp³-hybridized carbons (Fsp3) is 1.00. The van der Waals surface area contributed by atoms with Gasteiger partial charge in [-0.15, -0.1) is 0 Å². The molecule has 1 heterocycles. The molecule has 2 aliphatic rings. The Hall–Kier alpha value is -0.0400. The van der Waals surface area contributed by atoms with E-state index in [0.717, 1.165) is 12.1 Å². The van der Waals surface area contributed by atoms with Crippen LogP contribution in [0.1, 0.15) is 19.3 Å². The molecular formula is C6H11N. The topological polar surface area (TPSA) is 3.01 Å². The van der Waals surface area contributed by atoms with E-state index in [0.29, 0.717) is 0 Å². The van der Waals surface area contributed by atoms with Gasteiger partial charge in [-0.3, -0.25) is 4.90 Å². The summed E-state index contributed by atoms with van der Waals surface area (Å²) in [7, 11) is 2.23. The van der Waals surface area contributed by atoms with E-state index >= 15 is 0 Å². The zero-order valence-electron chi connectivity index (χ0n) is 4.72. The fourth-order valence-electron chi connectivity index (χ4n) is 1.80. The second-order valence-corrected chi connectivity index (χ2v) is 2.73. The largest absolute Gasteiger partial charge is 0.297 e. The van der Waals surface area contributed by atoms with Gasteiger partial charge < -0.3 is 0 Å². The number of piperidine rings is 1. The molecule has 0 radical (unpaired) electrons. The first-order valence-electron chi connectivity index (χ1n) is 3.11. The van der Waals surface area contributed by atoms with Crippen LogP contribution in [0.15, 0.2) is 0 Å². The second-order valence-electron chi connectivity index (χ2n) is 2.73. The zero-order chi connectivity index (χ0) is 4.85. The van der Waals surface area contributed by atoms with Gasteiger partial charge in [-0.25, -0.2) is 0 Å². The van der Waals surface area contributed by atoms with E-state index in [1.807, 2.05) is 0 Å². The minimum absolute atomic E-state index is 1.01. The van der Waals surface area contributed by atoms with Crippen LogP contribution < -0.4 is 0 Å². The monoisotopic (exact) mass is 97.1 g/mol. The summed E-state index contributed by atoms with van der Waals surface area (Å²) < 4.78 is 0. The number of hydrogen-bond acceptors (Lipinski definition) is 1. The number of rotatable bonds is 0. The summed E-state index contributed by atoms with van der Waals surface area (Å²) in [4.78, 5) is 2.48. The molecule has 1 saturated carbocycles. The zero-order valence-corrected chi connectivity index (χ0v) is 4.72. The Balaban J connectivity index is 2.06. The van der Waals surface area contributed by atoms with E-state index in [9.17, 15) is 0 Å². The van der Waals surface area contributed by atoms with Crippen LogP contribution in [0.4, 0.5) is 0 Å². The summed E-state index contributed by atoms with van der Waals surface area (Å²) in [5.41, 5.74) is 0. The lowest BCUT2D eigenvalue weighted by Crippen LogP contribution is -1.95. The molecule has 0 bridgehead atoms. The molecular weight excluding hydrogens is 86.1 g/mol. The maximum atomic E-state index is 2.48. The van der Waals surface area contributed by atoms with Crippen LogP contribution in [0.25, 0.3) is 0 Å². The van der Waals surface area contributed by atoms with E-state index in [4.69, 9.17) is 0 Å². The van der Waals surface area contributed by atoms with Gasteiger partial charge in [0.2, 0.25) is 0 Å². The van der Waals surface area contributed by atoms with Crippen molar-refractivity contribution in [3.8, 4) is 0 Å². The highest BCUT2D eigenvalue weighted by Crippen LogP contribution is 2.39. The average Bonchev–Trinajstić information content (AvgIpc) is 2.26. The Kier molecular flexibility index (Phi) is 0.571. The van der Waals surface area contributed by atoms with Crippen molar-refractivity contribution in [2.45, 2.75) is 31.3 Å². The van der Waals surface area contributed by atoms with Gasteiger partial charge in [0.1, 0.15) is 0 Å². The van der Waals surface area contributed by atoms with Crippen LogP contribution >= 0.6 is 0 Å². The number of nitrogens with zero attached hydrogens (tertiary/aromatic N) is 1. The fourth-order valence-corrected chi connectivity index (χ4v) is 1.80. The molecule has 1 aliphatic carbocycles. The highest BCUT2D eigenvalue weighted by molar-refractivity contribution is 5.03. The van der Waals surface area contributed by atoms with Crippen molar-refractivity contribution in [3.05, 3.63) is 0 Å². The Morgan fingerprint density at radius 2 is 1.86 bits per heavy atom. The van der Waals surface area contributed by atoms with Crippen LogP contribution in [0.5, 0.6) is 0 Å². The lowest BCUT2D eigenvalue weighted by atomic mass is 10.3. The molecule has 1 nitrogen and oxygen atoms in total. The van der Waals surface area contributed by atoms with Gasteiger partial charge in [-0.2, -0.15) is 0 Å². The maximum Gasteiger partial charge on any atom is 0.0252 e. The molecule has 2 fully saturated rings. The van der Waals surface area contributed by atoms with Crippen molar-refractivity contribution in [1.82, 2.24) is 4.90 Å². The van der Waals surface area contributed by atoms with Gasteiger partial charge in [0.25, 0.3) is 0 Å². The van der Waals surface area contributed by atoms with Gasteiger partial charge in [-0.1, -0.05) is 6.42 Å². The average molecular weight is 97.2 g/mol. The first-order chi connectivity index (χ1) is 3.39.